The SMILES string of the molecule is C[C@@H]1[C@@H](O)[C@H](OC[C@H]2O[C@@H](O[C@H](CC[C@@H](C)C3CC[C@@]4(C)C5CC=C6C(CC[C@H](O[C@@H]7O[C@H](CO)[C@@H](O)[C@H](O)[C@H]7O[C@H]7O[C@@H](CO[C@@H]8O[C@H](CO)[C@@H](O)[C@H](O)[C@H]8O)[C@H](O)[C@@H](O)[C@@H]7O)C6(C)C)[C@]5(C)[C@H](O)C[C@]34C)C(C)(C)O)[C@H](O[C@H]3O[C@@H](CO)[C@H](O)[C@@H](O)[C@@H]3O)[C@@H](O)[C@@H]2O)O[C@H](CO)[C@H]1O. The molecular weight excluding hydrogens is 1330 g/mol. The summed E-state index contributed by atoms with van der Waals surface area (Å²) in [6.45, 7) is 13.3. The maximum atomic E-state index is 13.0. The smallest absolute Gasteiger partial charge is 0.187 e. The second-order valence-electron chi connectivity index (χ2n) is 31.9. The first kappa shape index (κ1) is 80.9. The molecule has 0 amide bonds. The molecule has 0 aromatic carbocycles. The predicted octanol–water partition coefficient (Wildman–Crippen LogP) is -6.31. The fraction of sp³-hybridized carbons (Fsp3) is 0.970. The van der Waals surface area contributed by atoms with Gasteiger partial charge in [0.15, 0.2) is 37.7 Å². The minimum Gasteiger partial charge on any atom is -0.394 e. The highest BCUT2D eigenvalue weighted by Gasteiger charge is 2.71. The largest absolute Gasteiger partial charge is 0.394 e. The zero-order chi connectivity index (χ0) is 73.5. The van der Waals surface area contributed by atoms with Gasteiger partial charge in [-0.2, -0.15) is 0 Å². The van der Waals surface area contributed by atoms with Crippen LogP contribution in [-0.4, -0.2) is 349 Å². The summed E-state index contributed by atoms with van der Waals surface area (Å²) in [5.41, 5.74) is -2.82. The second-order valence-corrected chi connectivity index (χ2v) is 31.9. The molecule has 580 valence electrons. The molecule has 40 atom stereocenters. The van der Waals surface area contributed by atoms with Gasteiger partial charge in [0, 0.05) is 16.7 Å². The van der Waals surface area contributed by atoms with Gasteiger partial charge in [-0.25, -0.2) is 0 Å². The van der Waals surface area contributed by atoms with Gasteiger partial charge in [0.25, 0.3) is 0 Å². The Morgan fingerprint density at radius 1 is 0.480 bits per heavy atom. The van der Waals surface area contributed by atoms with Crippen LogP contribution in [0.15, 0.2) is 11.6 Å². The molecule has 10 rings (SSSR count). The molecule has 0 aromatic heterocycles. The van der Waals surface area contributed by atoms with Crippen molar-refractivity contribution in [2.45, 2.75) is 316 Å². The minimum absolute atomic E-state index is 0.0223. The molecule has 10 aliphatic rings. The van der Waals surface area contributed by atoms with Crippen molar-refractivity contribution in [2.75, 3.05) is 39.6 Å². The van der Waals surface area contributed by atoms with Crippen LogP contribution in [-0.2, 0) is 56.8 Å². The van der Waals surface area contributed by atoms with Crippen LogP contribution in [0.25, 0.3) is 0 Å². The summed E-state index contributed by atoms with van der Waals surface area (Å²) in [7, 11) is 0. The van der Waals surface area contributed by atoms with Crippen LogP contribution in [0.2, 0.25) is 0 Å². The third kappa shape index (κ3) is 14.8. The molecule has 6 saturated heterocycles. The Morgan fingerprint density at radius 3 is 1.43 bits per heavy atom. The molecule has 0 aromatic rings. The quantitative estimate of drug-likeness (QED) is 0.0423. The highest BCUT2D eigenvalue weighted by atomic mass is 16.8. The molecule has 21 N–H and O–H groups in total. The topological polar surface area (TPSA) is 536 Å². The lowest BCUT2D eigenvalue weighted by molar-refractivity contribution is -0.380. The van der Waals surface area contributed by atoms with E-state index in [4.69, 9.17) is 56.8 Å². The van der Waals surface area contributed by atoms with E-state index in [9.17, 15) is 107 Å². The summed E-state index contributed by atoms with van der Waals surface area (Å²) < 4.78 is 72.1. The zero-order valence-corrected chi connectivity index (χ0v) is 58.1. The van der Waals surface area contributed by atoms with Crippen LogP contribution < -0.4 is 0 Å². The van der Waals surface area contributed by atoms with Crippen molar-refractivity contribution < 1.29 is 164 Å². The first-order valence-electron chi connectivity index (χ1n) is 35.4. The average Bonchev–Trinajstić information content (AvgIpc) is 1.32. The Hall–Kier alpha value is -1.58. The molecule has 3 saturated carbocycles. The molecule has 0 bridgehead atoms. The lowest BCUT2D eigenvalue weighted by atomic mass is 9.38. The normalized spacial score (nSPS) is 52.1. The fourth-order valence-corrected chi connectivity index (χ4v) is 18.7. The summed E-state index contributed by atoms with van der Waals surface area (Å²) in [6.07, 6.45) is -44.7. The summed E-state index contributed by atoms with van der Waals surface area (Å²) in [5, 5.41) is 229. The van der Waals surface area contributed by atoms with Gasteiger partial charge in [-0.1, -0.05) is 60.1 Å². The number of ether oxygens (including phenoxy) is 12. The summed E-state index contributed by atoms with van der Waals surface area (Å²) in [5.74, 6) is -1.02. The van der Waals surface area contributed by atoms with Gasteiger partial charge in [0.2, 0.25) is 0 Å². The molecule has 3 unspecified atom stereocenters. The van der Waals surface area contributed by atoms with Crippen molar-refractivity contribution >= 4 is 0 Å². The highest BCUT2D eigenvalue weighted by Crippen LogP contribution is 2.75. The molecule has 0 spiro atoms. The van der Waals surface area contributed by atoms with Gasteiger partial charge in [0.05, 0.1) is 69.7 Å². The van der Waals surface area contributed by atoms with E-state index in [0.29, 0.717) is 32.1 Å². The van der Waals surface area contributed by atoms with Crippen LogP contribution in [0.3, 0.4) is 0 Å². The van der Waals surface area contributed by atoms with Crippen LogP contribution in [0.1, 0.15) is 114 Å². The molecule has 33 heteroatoms. The first-order chi connectivity index (χ1) is 46.9. The monoisotopic (exact) mass is 1450 g/mol. The number of fused-ring (bicyclic) bond motifs is 5. The lowest BCUT2D eigenvalue weighted by Gasteiger charge is -2.67. The minimum atomic E-state index is -1.99. The highest BCUT2D eigenvalue weighted by molar-refractivity contribution is 5.32. The summed E-state index contributed by atoms with van der Waals surface area (Å²) >= 11 is 0. The Balaban J connectivity index is 0.828. The molecule has 6 aliphatic heterocycles. The van der Waals surface area contributed by atoms with Crippen molar-refractivity contribution in [1.82, 2.24) is 0 Å². The Labute approximate surface area is 580 Å². The number of rotatable bonds is 23. The van der Waals surface area contributed by atoms with Crippen molar-refractivity contribution in [3.8, 4) is 0 Å². The van der Waals surface area contributed by atoms with Gasteiger partial charge in [-0.15, -0.1) is 0 Å². The first-order valence-corrected chi connectivity index (χ1v) is 35.4. The number of hydrogen-bond acceptors (Lipinski definition) is 33. The average molecular weight is 1450 g/mol. The Morgan fingerprint density at radius 2 is 0.910 bits per heavy atom. The van der Waals surface area contributed by atoms with E-state index in [2.05, 4.69) is 33.8 Å². The van der Waals surface area contributed by atoms with Gasteiger partial charge in [-0.05, 0) is 99.7 Å². The maximum Gasteiger partial charge on any atom is 0.187 e. The Bertz CT molecular complexity index is 2670. The van der Waals surface area contributed by atoms with E-state index < -0.39 is 264 Å². The van der Waals surface area contributed by atoms with Crippen LogP contribution in [0.4, 0.5) is 0 Å². The standard InChI is InChI=1S/C67H114O33/c1-25(10-14-39(64(5,6)88)98-62-56(99-59-53(86)48(81)43(76)32(21-70)93-59)51(84)46(79)35(96-62)24-89-57-41(74)26(2)40(73)30(19-68)91-57)27-16-17-65(7)36-13-11-28-29(67(36,9)37(72)18-66(27,65)8)12-15-38(63(28,3)4)97-61-55(50(83)44(77)33(22-71)94-61)100-60-54(87)49(82)45(78)34(95-60)23-90-58-52(85)47(80)42(75)31(20-69)92-58/h11,25-27,29-62,68-88H,10,12-24H2,1-9H3/t25-,26+,27?,29?,30-,31-,32+,33-,34+,35-,36?,37-,38+,39-,40+,41-,42-,43+,44-,45+,46-,47+,48-,49-,50+,51+,52-,53+,54+,55-,56-,57-,58-,59-,60-,61+,62+,65+,66-,67+/m1/s1. The van der Waals surface area contributed by atoms with Crippen molar-refractivity contribution in [2.24, 2.45) is 51.2 Å². The molecular formula is C67H114O33. The van der Waals surface area contributed by atoms with Crippen molar-refractivity contribution in [3.63, 3.8) is 0 Å². The molecule has 100 heavy (non-hydrogen) atoms. The van der Waals surface area contributed by atoms with Gasteiger partial charge in [0.1, 0.15) is 134 Å². The molecule has 6 heterocycles. The lowest BCUT2D eigenvalue weighted by Crippen LogP contribution is -2.66. The van der Waals surface area contributed by atoms with Gasteiger partial charge < -0.3 is 164 Å². The van der Waals surface area contributed by atoms with Crippen LogP contribution in [0.5, 0.6) is 0 Å². The molecule has 33 nitrogen and oxygen atoms in total. The van der Waals surface area contributed by atoms with Crippen LogP contribution >= 0.6 is 0 Å². The third-order valence-corrected chi connectivity index (χ3v) is 25.4. The summed E-state index contributed by atoms with van der Waals surface area (Å²) in [4.78, 5) is 0. The van der Waals surface area contributed by atoms with E-state index in [-0.39, 0.29) is 35.5 Å². The predicted molar refractivity (Wildman–Crippen MR) is 336 cm³/mol. The molecule has 0 radical (unpaired) electrons. The van der Waals surface area contributed by atoms with E-state index >= 15 is 0 Å². The zero-order valence-electron chi connectivity index (χ0n) is 58.1. The second kappa shape index (κ2) is 31.6. The van der Waals surface area contributed by atoms with E-state index in [0.717, 1.165) is 18.4 Å². The van der Waals surface area contributed by atoms with Gasteiger partial charge >= 0.3 is 0 Å². The van der Waals surface area contributed by atoms with E-state index in [1.165, 1.54) is 20.8 Å². The van der Waals surface area contributed by atoms with Crippen molar-refractivity contribution in [3.05, 3.63) is 11.6 Å². The van der Waals surface area contributed by atoms with Crippen LogP contribution in [0, 0.1) is 51.2 Å². The number of hydrogen-bond donors (Lipinski definition) is 21. The van der Waals surface area contributed by atoms with Gasteiger partial charge in [-0.3, -0.25) is 0 Å². The number of allylic oxidation sites excluding steroid dienone is 1. The number of aliphatic hydroxyl groups excluding tert-OH is 20. The maximum absolute atomic E-state index is 13.0. The fourth-order valence-electron chi connectivity index (χ4n) is 18.7. The van der Waals surface area contributed by atoms with E-state index in [1.54, 1.807) is 0 Å². The van der Waals surface area contributed by atoms with E-state index in [1.807, 2.05) is 13.8 Å². The molecule has 9 fully saturated rings. The number of aliphatic hydroxyl groups is 21. The summed E-state index contributed by atoms with van der Waals surface area (Å²) in [6, 6.07) is 0. The molecule has 4 aliphatic carbocycles. The third-order valence-electron chi connectivity index (χ3n) is 25.4. The Kier molecular flexibility index (Phi) is 25.5. The van der Waals surface area contributed by atoms with Crippen molar-refractivity contribution in [1.29, 1.82) is 0 Å².